The van der Waals surface area contributed by atoms with Crippen LogP contribution in [0.5, 0.6) is 0 Å². The van der Waals surface area contributed by atoms with E-state index in [0.29, 0.717) is 12.3 Å². The largest absolute Gasteiger partial charge is 0.383 e. The third-order valence-electron chi connectivity index (χ3n) is 3.85. The average molecular weight is 341 g/mol. The molecular formula is C17H19N5O3. The summed E-state index contributed by atoms with van der Waals surface area (Å²) in [5.74, 6) is 0.705. The van der Waals surface area contributed by atoms with E-state index in [9.17, 15) is 9.59 Å². The minimum atomic E-state index is -0.543. The summed E-state index contributed by atoms with van der Waals surface area (Å²) in [6.45, 7) is 2.39. The lowest BCUT2D eigenvalue weighted by atomic mass is 10.2. The molecule has 3 aromatic rings. The first-order chi connectivity index (χ1) is 12.0. The number of nitrogens with one attached hydrogen (secondary N) is 1. The maximum absolute atomic E-state index is 12.3. The number of nitrogens with two attached hydrogens (primary N) is 1. The summed E-state index contributed by atoms with van der Waals surface area (Å²) in [7, 11) is 1.70. The van der Waals surface area contributed by atoms with Crippen LogP contribution in [-0.4, -0.2) is 21.8 Å². The highest BCUT2D eigenvalue weighted by atomic mass is 16.5. The van der Waals surface area contributed by atoms with E-state index in [0.717, 1.165) is 11.3 Å². The van der Waals surface area contributed by atoms with Crippen molar-refractivity contribution in [1.82, 2.24) is 14.7 Å². The van der Waals surface area contributed by atoms with Gasteiger partial charge in [0, 0.05) is 13.1 Å². The number of nitrogen functional groups attached to an aromatic ring is 1. The third-order valence-corrected chi connectivity index (χ3v) is 3.85. The van der Waals surface area contributed by atoms with Gasteiger partial charge in [-0.25, -0.2) is 4.79 Å². The molecule has 0 unspecified atom stereocenters. The predicted octanol–water partition coefficient (Wildman–Crippen LogP) is 1.10. The molecule has 8 nitrogen and oxygen atoms in total. The Bertz CT molecular complexity index is 988. The molecule has 0 bridgehead atoms. The number of H-pyrrole nitrogens is 1. The molecule has 0 amide bonds. The van der Waals surface area contributed by atoms with E-state index in [1.807, 2.05) is 37.3 Å². The fraction of sp³-hybridized carbons (Fsp3) is 0.235. The standard InChI is InChI=1S/C17H19N5O3/c1-11-8-13(25-20-11)10-21(2)14-15(18)22(17(24)19-16(14)23)9-12-6-4-3-5-7-12/h3-8H,9-10,18H2,1-2H3,(H,19,23,24). The average Bonchev–Trinajstić information content (AvgIpc) is 2.97. The summed E-state index contributed by atoms with van der Waals surface area (Å²) in [5.41, 5.74) is 6.94. The highest BCUT2D eigenvalue weighted by Crippen LogP contribution is 2.18. The minimum absolute atomic E-state index is 0.108. The molecule has 3 N–H and O–H groups in total. The molecule has 2 aromatic heterocycles. The Morgan fingerprint density at radius 3 is 2.64 bits per heavy atom. The number of nitrogens with zero attached hydrogens (tertiary/aromatic N) is 3. The van der Waals surface area contributed by atoms with Crippen LogP contribution in [0.1, 0.15) is 17.0 Å². The number of aromatic nitrogens is 3. The van der Waals surface area contributed by atoms with Gasteiger partial charge in [0.05, 0.1) is 18.8 Å². The highest BCUT2D eigenvalue weighted by molar-refractivity contribution is 5.62. The van der Waals surface area contributed by atoms with Crippen LogP contribution in [0.3, 0.4) is 0 Å². The zero-order chi connectivity index (χ0) is 18.0. The van der Waals surface area contributed by atoms with E-state index in [2.05, 4.69) is 10.1 Å². The van der Waals surface area contributed by atoms with Crippen LogP contribution in [0.15, 0.2) is 50.5 Å². The molecule has 8 heteroatoms. The number of aromatic amines is 1. The molecule has 0 atom stereocenters. The summed E-state index contributed by atoms with van der Waals surface area (Å²) in [5, 5.41) is 3.82. The first-order valence-electron chi connectivity index (χ1n) is 7.75. The second-order valence-corrected chi connectivity index (χ2v) is 5.86. The summed E-state index contributed by atoms with van der Waals surface area (Å²) in [4.78, 5) is 28.4. The van der Waals surface area contributed by atoms with Crippen molar-refractivity contribution in [1.29, 1.82) is 0 Å². The lowest BCUT2D eigenvalue weighted by Crippen LogP contribution is -2.37. The molecule has 0 aliphatic rings. The second kappa shape index (κ2) is 6.68. The highest BCUT2D eigenvalue weighted by Gasteiger charge is 2.17. The van der Waals surface area contributed by atoms with Gasteiger partial charge in [-0.3, -0.25) is 14.3 Å². The van der Waals surface area contributed by atoms with Crippen LogP contribution >= 0.6 is 0 Å². The van der Waals surface area contributed by atoms with Crippen molar-refractivity contribution >= 4 is 11.5 Å². The maximum atomic E-state index is 12.3. The van der Waals surface area contributed by atoms with Crippen molar-refractivity contribution in [2.24, 2.45) is 0 Å². The number of benzene rings is 1. The zero-order valence-corrected chi connectivity index (χ0v) is 14.0. The molecule has 0 saturated carbocycles. The topological polar surface area (TPSA) is 110 Å². The fourth-order valence-corrected chi connectivity index (χ4v) is 2.67. The van der Waals surface area contributed by atoms with Crippen LogP contribution in [0.2, 0.25) is 0 Å². The fourth-order valence-electron chi connectivity index (χ4n) is 2.67. The van der Waals surface area contributed by atoms with Gasteiger partial charge in [0.25, 0.3) is 5.56 Å². The molecule has 0 aliphatic heterocycles. The lowest BCUT2D eigenvalue weighted by Gasteiger charge is -2.20. The van der Waals surface area contributed by atoms with Crippen LogP contribution in [0, 0.1) is 6.92 Å². The molecule has 0 fully saturated rings. The Hall–Kier alpha value is -3.29. The van der Waals surface area contributed by atoms with E-state index in [4.69, 9.17) is 10.3 Å². The molecular weight excluding hydrogens is 322 g/mol. The van der Waals surface area contributed by atoms with E-state index >= 15 is 0 Å². The zero-order valence-electron chi connectivity index (χ0n) is 14.0. The third kappa shape index (κ3) is 3.47. The summed E-state index contributed by atoms with van der Waals surface area (Å²) in [6, 6.07) is 11.2. The number of aryl methyl sites for hydroxylation is 1. The van der Waals surface area contributed by atoms with E-state index in [1.54, 1.807) is 18.0 Å². The van der Waals surface area contributed by atoms with Gasteiger partial charge in [0.1, 0.15) is 11.5 Å². The summed E-state index contributed by atoms with van der Waals surface area (Å²) >= 11 is 0. The van der Waals surface area contributed by atoms with E-state index in [1.165, 1.54) is 4.57 Å². The van der Waals surface area contributed by atoms with Crippen LogP contribution < -0.4 is 21.9 Å². The molecule has 2 heterocycles. The Morgan fingerprint density at radius 1 is 1.28 bits per heavy atom. The van der Waals surface area contributed by atoms with Gasteiger partial charge < -0.3 is 15.2 Å². The molecule has 0 radical (unpaired) electrons. The number of hydrogen-bond donors (Lipinski definition) is 2. The van der Waals surface area contributed by atoms with E-state index in [-0.39, 0.29) is 18.1 Å². The van der Waals surface area contributed by atoms with Crippen molar-refractivity contribution in [3.05, 3.63) is 74.3 Å². The normalized spacial score (nSPS) is 10.8. The molecule has 0 aliphatic carbocycles. The van der Waals surface area contributed by atoms with Crippen molar-refractivity contribution < 1.29 is 4.52 Å². The molecule has 0 spiro atoms. The van der Waals surface area contributed by atoms with Crippen molar-refractivity contribution in [2.75, 3.05) is 17.7 Å². The Kier molecular flexibility index (Phi) is 4.42. The monoisotopic (exact) mass is 341 g/mol. The molecule has 0 saturated heterocycles. The molecule has 130 valence electrons. The van der Waals surface area contributed by atoms with Crippen molar-refractivity contribution in [2.45, 2.75) is 20.0 Å². The number of anilines is 2. The van der Waals surface area contributed by atoms with Crippen molar-refractivity contribution in [3.63, 3.8) is 0 Å². The van der Waals surface area contributed by atoms with Crippen LogP contribution in [-0.2, 0) is 13.1 Å². The maximum Gasteiger partial charge on any atom is 0.330 e. The molecule has 3 rings (SSSR count). The minimum Gasteiger partial charge on any atom is -0.383 e. The Labute approximate surface area is 143 Å². The smallest absolute Gasteiger partial charge is 0.330 e. The van der Waals surface area contributed by atoms with E-state index < -0.39 is 11.2 Å². The predicted molar refractivity (Wildman–Crippen MR) is 94.6 cm³/mol. The van der Waals surface area contributed by atoms with Gasteiger partial charge in [-0.15, -0.1) is 0 Å². The van der Waals surface area contributed by atoms with Gasteiger partial charge in [0.2, 0.25) is 0 Å². The first-order valence-corrected chi connectivity index (χ1v) is 7.75. The summed E-state index contributed by atoms with van der Waals surface area (Å²) < 4.78 is 6.51. The molecule has 25 heavy (non-hydrogen) atoms. The van der Waals surface area contributed by atoms with Gasteiger partial charge in [-0.1, -0.05) is 35.5 Å². The van der Waals surface area contributed by atoms with Crippen LogP contribution in [0.25, 0.3) is 0 Å². The Morgan fingerprint density at radius 2 is 2.00 bits per heavy atom. The van der Waals surface area contributed by atoms with Gasteiger partial charge >= 0.3 is 5.69 Å². The summed E-state index contributed by atoms with van der Waals surface area (Å²) in [6.07, 6.45) is 0. The SMILES string of the molecule is Cc1cc(CN(C)c2c(N)n(Cc3ccccc3)c(=O)[nH]c2=O)on1. The van der Waals surface area contributed by atoms with Crippen LogP contribution in [0.4, 0.5) is 11.5 Å². The lowest BCUT2D eigenvalue weighted by molar-refractivity contribution is 0.379. The van der Waals surface area contributed by atoms with Gasteiger partial charge in [0.15, 0.2) is 5.76 Å². The molecule has 1 aromatic carbocycles. The number of hydrogen-bond acceptors (Lipinski definition) is 6. The Balaban J connectivity index is 1.97. The number of rotatable bonds is 5. The van der Waals surface area contributed by atoms with Gasteiger partial charge in [-0.2, -0.15) is 0 Å². The van der Waals surface area contributed by atoms with Crippen molar-refractivity contribution in [3.8, 4) is 0 Å². The second-order valence-electron chi connectivity index (χ2n) is 5.86. The first kappa shape index (κ1) is 16.6. The van der Waals surface area contributed by atoms with Gasteiger partial charge in [-0.05, 0) is 12.5 Å². The quantitative estimate of drug-likeness (QED) is 0.719.